The molecule has 0 aliphatic rings. The van der Waals surface area contributed by atoms with Crippen molar-refractivity contribution < 1.29 is 9.59 Å². The molecule has 1 aromatic heterocycles. The van der Waals surface area contributed by atoms with Crippen LogP contribution in [0, 0.1) is 0 Å². The lowest BCUT2D eigenvalue weighted by atomic mass is 10.1. The molecule has 0 atom stereocenters. The molecule has 2 amide bonds. The molecule has 27 heavy (non-hydrogen) atoms. The number of pyridine rings is 1. The van der Waals surface area contributed by atoms with E-state index in [1.807, 2.05) is 54.6 Å². The number of likely N-dealkylation sites (N-methyl/N-ethyl adjacent to an activating group) is 1. The summed E-state index contributed by atoms with van der Waals surface area (Å²) in [4.78, 5) is 29.6. The molecule has 0 aliphatic carbocycles. The number of nitrogens with zero attached hydrogens (tertiary/aromatic N) is 2. The second kappa shape index (κ2) is 8.76. The summed E-state index contributed by atoms with van der Waals surface area (Å²) in [6, 6.07) is 17.8. The highest BCUT2D eigenvalue weighted by atomic mass is 16.2. The maximum Gasteiger partial charge on any atom is 0.246 e. The SMILES string of the molecule is CN(CC(=O)NCc1ccncc1)C(=O)/C=C/c1ccc2ccccc2c1. The summed E-state index contributed by atoms with van der Waals surface area (Å²) >= 11 is 0. The number of carbonyl (C=O) groups excluding carboxylic acids is 2. The largest absolute Gasteiger partial charge is 0.350 e. The molecule has 0 unspecified atom stereocenters. The van der Waals surface area contributed by atoms with Gasteiger partial charge in [-0.2, -0.15) is 0 Å². The highest BCUT2D eigenvalue weighted by molar-refractivity contribution is 5.95. The van der Waals surface area contributed by atoms with Crippen molar-refractivity contribution in [1.29, 1.82) is 0 Å². The van der Waals surface area contributed by atoms with Crippen molar-refractivity contribution in [1.82, 2.24) is 15.2 Å². The van der Waals surface area contributed by atoms with E-state index in [1.54, 1.807) is 25.5 Å². The van der Waals surface area contributed by atoms with Crippen LogP contribution in [-0.2, 0) is 16.1 Å². The van der Waals surface area contributed by atoms with Crippen LogP contribution in [0.1, 0.15) is 11.1 Å². The van der Waals surface area contributed by atoms with Gasteiger partial charge in [0.05, 0.1) is 6.54 Å². The zero-order chi connectivity index (χ0) is 19.1. The van der Waals surface area contributed by atoms with Gasteiger partial charge in [0.25, 0.3) is 0 Å². The average molecular weight is 359 g/mol. The number of nitrogens with one attached hydrogen (secondary N) is 1. The molecule has 5 nitrogen and oxygen atoms in total. The third-order valence-corrected chi connectivity index (χ3v) is 4.19. The molecule has 1 N–H and O–H groups in total. The fraction of sp³-hybridized carbons (Fsp3) is 0.136. The minimum Gasteiger partial charge on any atom is -0.350 e. The topological polar surface area (TPSA) is 62.3 Å². The van der Waals surface area contributed by atoms with Crippen molar-refractivity contribution in [3.63, 3.8) is 0 Å². The summed E-state index contributed by atoms with van der Waals surface area (Å²) in [5, 5.41) is 5.07. The normalized spacial score (nSPS) is 10.9. The third-order valence-electron chi connectivity index (χ3n) is 4.19. The van der Waals surface area contributed by atoms with E-state index in [1.165, 1.54) is 11.0 Å². The Morgan fingerprint density at radius 3 is 2.56 bits per heavy atom. The Balaban J connectivity index is 1.53. The fourth-order valence-electron chi connectivity index (χ4n) is 2.66. The van der Waals surface area contributed by atoms with Crippen LogP contribution in [0.4, 0.5) is 0 Å². The quantitative estimate of drug-likeness (QED) is 0.688. The molecule has 0 aliphatic heterocycles. The number of hydrogen-bond acceptors (Lipinski definition) is 3. The van der Waals surface area contributed by atoms with Crippen molar-refractivity contribution in [2.75, 3.05) is 13.6 Å². The van der Waals surface area contributed by atoms with Crippen LogP contribution < -0.4 is 5.32 Å². The first-order valence-corrected chi connectivity index (χ1v) is 8.69. The summed E-state index contributed by atoms with van der Waals surface area (Å²) in [5.41, 5.74) is 1.90. The van der Waals surface area contributed by atoms with Gasteiger partial charge in [-0.3, -0.25) is 14.6 Å². The van der Waals surface area contributed by atoms with Crippen LogP contribution in [0.25, 0.3) is 16.8 Å². The first-order valence-electron chi connectivity index (χ1n) is 8.69. The average Bonchev–Trinajstić information content (AvgIpc) is 2.71. The summed E-state index contributed by atoms with van der Waals surface area (Å²) in [6.07, 6.45) is 6.60. The van der Waals surface area contributed by atoms with Gasteiger partial charge in [-0.15, -0.1) is 0 Å². The molecule has 0 saturated heterocycles. The summed E-state index contributed by atoms with van der Waals surface area (Å²) in [6.45, 7) is 0.419. The number of fused-ring (bicyclic) bond motifs is 1. The van der Waals surface area contributed by atoms with E-state index in [9.17, 15) is 9.59 Å². The van der Waals surface area contributed by atoms with Gasteiger partial charge in [0.1, 0.15) is 0 Å². The number of hydrogen-bond donors (Lipinski definition) is 1. The van der Waals surface area contributed by atoms with Crippen molar-refractivity contribution in [2.24, 2.45) is 0 Å². The molecular weight excluding hydrogens is 338 g/mol. The molecule has 0 saturated carbocycles. The van der Waals surface area contributed by atoms with E-state index in [0.29, 0.717) is 6.54 Å². The summed E-state index contributed by atoms with van der Waals surface area (Å²) < 4.78 is 0. The van der Waals surface area contributed by atoms with Gasteiger partial charge >= 0.3 is 0 Å². The molecule has 3 aromatic rings. The standard InChI is InChI=1S/C22H21N3O2/c1-25(16-21(26)24-15-18-10-12-23-13-11-18)22(27)9-7-17-6-8-19-4-2-3-5-20(19)14-17/h2-14H,15-16H2,1H3,(H,24,26)/b9-7+. The number of amides is 2. The number of aromatic nitrogens is 1. The molecule has 3 rings (SSSR count). The Morgan fingerprint density at radius 2 is 1.78 bits per heavy atom. The van der Waals surface area contributed by atoms with Crippen molar-refractivity contribution in [2.45, 2.75) is 6.54 Å². The van der Waals surface area contributed by atoms with Crippen molar-refractivity contribution >= 4 is 28.7 Å². The third kappa shape index (κ3) is 5.25. The Kier molecular flexibility index (Phi) is 5.94. The van der Waals surface area contributed by atoms with Gasteiger partial charge in [-0.1, -0.05) is 36.4 Å². The lowest BCUT2D eigenvalue weighted by Crippen LogP contribution is -2.37. The van der Waals surface area contributed by atoms with E-state index in [4.69, 9.17) is 0 Å². The van der Waals surface area contributed by atoms with Crippen LogP contribution in [0.2, 0.25) is 0 Å². The maximum absolute atomic E-state index is 12.2. The van der Waals surface area contributed by atoms with Crippen molar-refractivity contribution in [3.8, 4) is 0 Å². The Hall–Kier alpha value is -3.47. The Labute approximate surface area is 158 Å². The van der Waals surface area contributed by atoms with Gasteiger partial charge in [0.15, 0.2) is 0 Å². The van der Waals surface area contributed by atoms with E-state index in [0.717, 1.165) is 21.9 Å². The zero-order valence-electron chi connectivity index (χ0n) is 15.1. The van der Waals surface area contributed by atoms with Crippen LogP contribution >= 0.6 is 0 Å². The molecule has 0 bridgehead atoms. The molecule has 0 fully saturated rings. The van der Waals surface area contributed by atoms with Gasteiger partial charge in [0, 0.05) is 32.1 Å². The number of carbonyl (C=O) groups is 2. The smallest absolute Gasteiger partial charge is 0.246 e. The van der Waals surface area contributed by atoms with Gasteiger partial charge in [-0.05, 0) is 46.2 Å². The van der Waals surface area contributed by atoms with E-state index in [-0.39, 0.29) is 18.4 Å². The predicted octanol–water partition coefficient (Wildman–Crippen LogP) is 3.02. The zero-order valence-corrected chi connectivity index (χ0v) is 15.1. The molecule has 1 heterocycles. The van der Waals surface area contributed by atoms with Gasteiger partial charge < -0.3 is 10.2 Å². The minimum absolute atomic E-state index is 0.00593. The maximum atomic E-state index is 12.2. The molecular formula is C22H21N3O2. The lowest BCUT2D eigenvalue weighted by Gasteiger charge is -2.14. The molecule has 2 aromatic carbocycles. The molecule has 0 radical (unpaired) electrons. The van der Waals surface area contributed by atoms with E-state index in [2.05, 4.69) is 10.3 Å². The molecule has 5 heteroatoms. The molecule has 0 spiro atoms. The van der Waals surface area contributed by atoms with Crippen molar-refractivity contribution in [3.05, 3.63) is 84.2 Å². The second-order valence-electron chi connectivity index (χ2n) is 6.27. The first kappa shape index (κ1) is 18.3. The number of rotatable bonds is 6. The Bertz CT molecular complexity index is 967. The van der Waals surface area contributed by atoms with Crippen LogP contribution in [0.5, 0.6) is 0 Å². The van der Waals surface area contributed by atoms with Crippen LogP contribution in [0.15, 0.2) is 73.1 Å². The predicted molar refractivity (Wildman–Crippen MR) is 107 cm³/mol. The van der Waals surface area contributed by atoms with Gasteiger partial charge in [-0.25, -0.2) is 0 Å². The highest BCUT2D eigenvalue weighted by Gasteiger charge is 2.10. The van der Waals surface area contributed by atoms with E-state index < -0.39 is 0 Å². The second-order valence-corrected chi connectivity index (χ2v) is 6.27. The van der Waals surface area contributed by atoms with Crippen LogP contribution in [0.3, 0.4) is 0 Å². The number of benzene rings is 2. The highest BCUT2D eigenvalue weighted by Crippen LogP contribution is 2.16. The van der Waals surface area contributed by atoms with E-state index >= 15 is 0 Å². The summed E-state index contributed by atoms with van der Waals surface area (Å²) in [5.74, 6) is -0.427. The fourth-order valence-corrected chi connectivity index (χ4v) is 2.66. The monoisotopic (exact) mass is 359 g/mol. The Morgan fingerprint density at radius 1 is 1.04 bits per heavy atom. The minimum atomic E-state index is -0.220. The van der Waals surface area contributed by atoms with Crippen LogP contribution in [-0.4, -0.2) is 35.3 Å². The summed E-state index contributed by atoms with van der Waals surface area (Å²) in [7, 11) is 1.61. The first-order chi connectivity index (χ1) is 13.1. The molecule has 136 valence electrons. The lowest BCUT2D eigenvalue weighted by molar-refractivity contribution is -0.131. The van der Waals surface area contributed by atoms with Gasteiger partial charge in [0.2, 0.25) is 11.8 Å².